The van der Waals surface area contributed by atoms with Crippen molar-refractivity contribution in [3.8, 4) is 0 Å². The smallest absolute Gasteiger partial charge is 0.230 e. The largest absolute Gasteiger partial charge is 0.378 e. The lowest BCUT2D eigenvalue weighted by atomic mass is 9.85. The van der Waals surface area contributed by atoms with Gasteiger partial charge in [-0.3, -0.25) is 14.5 Å². The van der Waals surface area contributed by atoms with Gasteiger partial charge in [0.1, 0.15) is 0 Å². The van der Waals surface area contributed by atoms with E-state index in [1.165, 1.54) is 0 Å². The molecule has 0 fully saturated rings. The summed E-state index contributed by atoms with van der Waals surface area (Å²) in [7, 11) is 4.00. The Balaban J connectivity index is 1.96. The number of nitrogens with zero attached hydrogens (tertiary/aromatic N) is 2. The highest BCUT2D eigenvalue weighted by atomic mass is 16.2. The zero-order chi connectivity index (χ0) is 21.4. The number of allylic oxidation sites excluding steroid dienone is 1. The Kier molecular flexibility index (Phi) is 5.37. The average molecular weight is 404 g/mol. The molecule has 0 spiro atoms. The number of amides is 1. The fourth-order valence-electron chi connectivity index (χ4n) is 4.33. The highest BCUT2D eigenvalue weighted by Crippen LogP contribution is 2.45. The Morgan fingerprint density at radius 2 is 1.77 bits per heavy atom. The second kappa shape index (κ2) is 7.98. The van der Waals surface area contributed by atoms with E-state index < -0.39 is 6.04 Å². The van der Waals surface area contributed by atoms with Gasteiger partial charge in [-0.2, -0.15) is 0 Å². The molecule has 156 valence electrons. The van der Waals surface area contributed by atoms with E-state index in [2.05, 4.69) is 5.32 Å². The number of fused-ring (bicyclic) bond motifs is 1. The molecule has 2 aromatic rings. The van der Waals surface area contributed by atoms with Gasteiger partial charge in [-0.25, -0.2) is 0 Å². The Bertz CT molecular complexity index is 1010. The molecule has 0 unspecified atom stereocenters. The molecule has 30 heavy (non-hydrogen) atoms. The van der Waals surface area contributed by atoms with Gasteiger partial charge < -0.3 is 10.2 Å². The third-order valence-corrected chi connectivity index (χ3v) is 5.89. The molecule has 0 aromatic heterocycles. The maximum atomic E-state index is 13.5. The monoisotopic (exact) mass is 403 g/mol. The van der Waals surface area contributed by atoms with Gasteiger partial charge in [0.25, 0.3) is 0 Å². The van der Waals surface area contributed by atoms with Gasteiger partial charge >= 0.3 is 0 Å². The molecule has 5 heteroatoms. The van der Waals surface area contributed by atoms with Crippen LogP contribution in [-0.2, 0) is 9.59 Å². The Morgan fingerprint density at radius 3 is 2.43 bits per heavy atom. The van der Waals surface area contributed by atoms with Crippen molar-refractivity contribution in [3.63, 3.8) is 0 Å². The highest BCUT2D eigenvalue weighted by Gasteiger charge is 2.39. The number of rotatable bonds is 3. The molecule has 0 saturated carbocycles. The number of ketones is 1. The summed E-state index contributed by atoms with van der Waals surface area (Å²) in [5, 5.41) is 3.50. The van der Waals surface area contributed by atoms with E-state index >= 15 is 0 Å². The van der Waals surface area contributed by atoms with E-state index in [1.54, 1.807) is 0 Å². The van der Waals surface area contributed by atoms with Crippen molar-refractivity contribution < 1.29 is 9.59 Å². The zero-order valence-corrected chi connectivity index (χ0v) is 18.1. The molecule has 1 amide bonds. The number of hydrogen-bond acceptors (Lipinski definition) is 4. The fourth-order valence-corrected chi connectivity index (χ4v) is 4.33. The first-order chi connectivity index (χ1) is 14.4. The van der Waals surface area contributed by atoms with Crippen LogP contribution in [0.4, 0.5) is 17.1 Å². The van der Waals surface area contributed by atoms with Crippen molar-refractivity contribution in [2.24, 2.45) is 5.92 Å². The van der Waals surface area contributed by atoms with Crippen LogP contribution in [0.2, 0.25) is 0 Å². The van der Waals surface area contributed by atoms with Crippen LogP contribution >= 0.6 is 0 Å². The van der Waals surface area contributed by atoms with E-state index in [4.69, 9.17) is 0 Å². The van der Waals surface area contributed by atoms with E-state index in [0.717, 1.165) is 46.7 Å². The Labute approximate surface area is 178 Å². The minimum Gasteiger partial charge on any atom is -0.378 e. The average Bonchev–Trinajstić information content (AvgIpc) is 2.88. The van der Waals surface area contributed by atoms with Gasteiger partial charge in [-0.15, -0.1) is 0 Å². The molecule has 1 aliphatic heterocycles. The third kappa shape index (κ3) is 3.49. The maximum Gasteiger partial charge on any atom is 0.230 e. The number of hydrogen-bond donors (Lipinski definition) is 1. The predicted molar refractivity (Wildman–Crippen MR) is 122 cm³/mol. The molecule has 1 atom stereocenters. The first kappa shape index (κ1) is 20.2. The van der Waals surface area contributed by atoms with E-state index in [0.29, 0.717) is 6.42 Å². The first-order valence-corrected chi connectivity index (χ1v) is 10.6. The molecular weight excluding hydrogens is 374 g/mol. The van der Waals surface area contributed by atoms with Crippen LogP contribution in [0, 0.1) is 5.92 Å². The lowest BCUT2D eigenvalue weighted by molar-refractivity contribution is -0.121. The van der Waals surface area contributed by atoms with E-state index in [1.807, 2.05) is 86.3 Å². The second-order valence-electron chi connectivity index (χ2n) is 8.56. The molecule has 0 bridgehead atoms. The van der Waals surface area contributed by atoms with Crippen LogP contribution in [0.1, 0.15) is 44.7 Å². The minimum atomic E-state index is -0.435. The summed E-state index contributed by atoms with van der Waals surface area (Å²) >= 11 is 0. The topological polar surface area (TPSA) is 52.7 Å². The molecular formula is C25H29N3O2. The van der Waals surface area contributed by atoms with Crippen molar-refractivity contribution in [1.82, 2.24) is 0 Å². The number of para-hydroxylation sites is 2. The van der Waals surface area contributed by atoms with Gasteiger partial charge in [-0.1, -0.05) is 38.1 Å². The summed E-state index contributed by atoms with van der Waals surface area (Å²) in [4.78, 5) is 30.6. The van der Waals surface area contributed by atoms with Crippen LogP contribution < -0.4 is 15.1 Å². The van der Waals surface area contributed by atoms with Gasteiger partial charge in [0.15, 0.2) is 5.78 Å². The second-order valence-corrected chi connectivity index (χ2v) is 8.56. The maximum absolute atomic E-state index is 13.5. The number of benzene rings is 2. The van der Waals surface area contributed by atoms with Crippen molar-refractivity contribution >= 4 is 28.8 Å². The lowest BCUT2D eigenvalue weighted by Crippen LogP contribution is -2.40. The van der Waals surface area contributed by atoms with Crippen molar-refractivity contribution in [1.29, 1.82) is 0 Å². The number of anilines is 3. The summed E-state index contributed by atoms with van der Waals surface area (Å²) < 4.78 is 0. The van der Waals surface area contributed by atoms with Gasteiger partial charge in [0.05, 0.1) is 17.4 Å². The SMILES string of the molecule is CC(C)C(=O)N1c2ccccc2NC2=C(C(=O)CCC2)[C@H]1c1ccc(N(C)C)cc1. The summed E-state index contributed by atoms with van der Waals surface area (Å²) in [6.45, 7) is 3.82. The quantitative estimate of drug-likeness (QED) is 0.791. The molecule has 2 aromatic carbocycles. The van der Waals surface area contributed by atoms with Crippen LogP contribution in [0.15, 0.2) is 59.8 Å². The molecule has 4 rings (SSSR count). The standard InChI is InChI=1S/C25H29N3O2/c1-16(2)25(30)28-21-10-6-5-8-19(21)26-20-9-7-11-22(29)23(20)24(28)17-12-14-18(15-13-17)27(3)4/h5-6,8,10,12-16,24,26H,7,9,11H2,1-4H3/t24-/m1/s1. The Hall–Kier alpha value is -3.08. The highest BCUT2D eigenvalue weighted by molar-refractivity contribution is 6.06. The van der Waals surface area contributed by atoms with Crippen molar-refractivity contribution in [3.05, 3.63) is 65.4 Å². The zero-order valence-electron chi connectivity index (χ0n) is 18.1. The minimum absolute atomic E-state index is 0.0121. The molecule has 1 N–H and O–H groups in total. The number of carbonyl (C=O) groups is 2. The fraction of sp³-hybridized carbons (Fsp3) is 0.360. The van der Waals surface area contributed by atoms with Crippen molar-refractivity contribution in [2.75, 3.05) is 29.2 Å². The van der Waals surface area contributed by atoms with E-state index in [9.17, 15) is 9.59 Å². The number of Topliss-reactive ketones (excluding diaryl/α,β-unsaturated/α-hetero) is 1. The van der Waals surface area contributed by atoms with Gasteiger partial charge in [-0.05, 0) is 42.7 Å². The van der Waals surface area contributed by atoms with Gasteiger partial charge in [0, 0.05) is 43.4 Å². The van der Waals surface area contributed by atoms with Crippen LogP contribution in [0.5, 0.6) is 0 Å². The van der Waals surface area contributed by atoms with Crippen LogP contribution in [-0.4, -0.2) is 25.8 Å². The molecule has 0 saturated heterocycles. The lowest BCUT2D eigenvalue weighted by Gasteiger charge is -2.35. The predicted octanol–water partition coefficient (Wildman–Crippen LogP) is 4.92. The third-order valence-electron chi connectivity index (χ3n) is 5.89. The summed E-state index contributed by atoms with van der Waals surface area (Å²) in [5.74, 6) is -0.0553. The van der Waals surface area contributed by atoms with Crippen molar-refractivity contribution in [2.45, 2.75) is 39.2 Å². The molecule has 0 radical (unpaired) electrons. The molecule has 1 heterocycles. The number of nitrogens with one attached hydrogen (secondary N) is 1. The first-order valence-electron chi connectivity index (χ1n) is 10.6. The molecule has 2 aliphatic rings. The van der Waals surface area contributed by atoms with Gasteiger partial charge in [0.2, 0.25) is 5.91 Å². The molecule has 1 aliphatic carbocycles. The normalized spacial score (nSPS) is 18.5. The Morgan fingerprint density at radius 1 is 1.07 bits per heavy atom. The van der Waals surface area contributed by atoms with Crippen LogP contribution in [0.3, 0.4) is 0 Å². The van der Waals surface area contributed by atoms with E-state index in [-0.39, 0.29) is 17.6 Å². The summed E-state index contributed by atoms with van der Waals surface area (Å²) in [6.07, 6.45) is 2.16. The van der Waals surface area contributed by atoms with Crippen LogP contribution in [0.25, 0.3) is 0 Å². The number of carbonyl (C=O) groups excluding carboxylic acids is 2. The molecule has 5 nitrogen and oxygen atoms in total. The summed E-state index contributed by atoms with van der Waals surface area (Å²) in [6, 6.07) is 15.6. The summed E-state index contributed by atoms with van der Waals surface area (Å²) in [5.41, 5.74) is 5.40.